The van der Waals surface area contributed by atoms with Gasteiger partial charge in [-0.15, -0.1) is 0 Å². The van der Waals surface area contributed by atoms with Crippen LogP contribution in [0.3, 0.4) is 0 Å². The van der Waals surface area contributed by atoms with E-state index in [4.69, 9.17) is 4.74 Å². The van der Waals surface area contributed by atoms with Gasteiger partial charge in [-0.05, 0) is 6.42 Å². The summed E-state index contributed by atoms with van der Waals surface area (Å²) in [6, 6.07) is 0. The van der Waals surface area contributed by atoms with Crippen molar-refractivity contribution in [1.82, 2.24) is 5.32 Å². The molecule has 0 rings (SSSR count). The first-order valence-corrected chi connectivity index (χ1v) is 4.89. The second kappa shape index (κ2) is 5.98. The van der Waals surface area contributed by atoms with Crippen molar-refractivity contribution in [2.24, 2.45) is 5.41 Å². The summed E-state index contributed by atoms with van der Waals surface area (Å²) in [5.74, 6) is -0.0323. The van der Waals surface area contributed by atoms with Crippen LogP contribution >= 0.6 is 0 Å². The third-order valence-corrected chi connectivity index (χ3v) is 2.36. The number of hydrogen-bond acceptors (Lipinski definition) is 3. The van der Waals surface area contributed by atoms with E-state index in [0.717, 1.165) is 6.42 Å². The van der Waals surface area contributed by atoms with Crippen LogP contribution in [0.15, 0.2) is 0 Å². The molecule has 1 atom stereocenters. The first-order chi connectivity index (χ1) is 6.44. The Morgan fingerprint density at radius 1 is 1.57 bits per heavy atom. The molecule has 0 heterocycles. The van der Waals surface area contributed by atoms with Gasteiger partial charge in [0.05, 0.1) is 12.7 Å². The SMILES string of the molecule is CCC(C)(C)C(=O)NCC(O)COC. The number of amides is 1. The average molecular weight is 203 g/mol. The van der Waals surface area contributed by atoms with Crippen molar-refractivity contribution < 1.29 is 14.6 Å². The van der Waals surface area contributed by atoms with Crippen molar-refractivity contribution in [3.63, 3.8) is 0 Å². The van der Waals surface area contributed by atoms with Crippen LogP contribution in [-0.4, -0.2) is 37.4 Å². The molecule has 0 saturated heterocycles. The van der Waals surface area contributed by atoms with Gasteiger partial charge < -0.3 is 15.2 Å². The maximum absolute atomic E-state index is 11.5. The number of carbonyl (C=O) groups excluding carboxylic acids is 1. The Morgan fingerprint density at radius 2 is 2.14 bits per heavy atom. The van der Waals surface area contributed by atoms with Crippen LogP contribution in [0.2, 0.25) is 0 Å². The van der Waals surface area contributed by atoms with Crippen LogP contribution in [0.4, 0.5) is 0 Å². The van der Waals surface area contributed by atoms with Crippen molar-refractivity contribution in [3.05, 3.63) is 0 Å². The maximum atomic E-state index is 11.5. The number of ether oxygens (including phenoxy) is 1. The number of carbonyl (C=O) groups is 1. The van der Waals surface area contributed by atoms with E-state index in [0.29, 0.717) is 0 Å². The molecule has 0 aromatic heterocycles. The maximum Gasteiger partial charge on any atom is 0.225 e. The third-order valence-electron chi connectivity index (χ3n) is 2.36. The molecule has 0 aliphatic rings. The molecule has 84 valence electrons. The molecular weight excluding hydrogens is 182 g/mol. The second-order valence-electron chi connectivity index (χ2n) is 4.06. The fourth-order valence-corrected chi connectivity index (χ4v) is 0.862. The fourth-order valence-electron chi connectivity index (χ4n) is 0.862. The van der Waals surface area contributed by atoms with E-state index >= 15 is 0 Å². The van der Waals surface area contributed by atoms with Gasteiger partial charge >= 0.3 is 0 Å². The summed E-state index contributed by atoms with van der Waals surface area (Å²) >= 11 is 0. The van der Waals surface area contributed by atoms with Gasteiger partial charge in [-0.3, -0.25) is 4.79 Å². The molecule has 4 heteroatoms. The number of rotatable bonds is 6. The molecule has 0 aromatic carbocycles. The van der Waals surface area contributed by atoms with Crippen LogP contribution in [-0.2, 0) is 9.53 Å². The van der Waals surface area contributed by atoms with Crippen LogP contribution in [0.25, 0.3) is 0 Å². The van der Waals surface area contributed by atoms with E-state index < -0.39 is 6.10 Å². The molecule has 0 aromatic rings. The first-order valence-electron chi connectivity index (χ1n) is 4.89. The predicted octanol–water partition coefficient (Wildman–Crippen LogP) is 0.546. The molecule has 2 N–H and O–H groups in total. The molecular formula is C10H21NO3. The average Bonchev–Trinajstić information content (AvgIpc) is 2.14. The number of hydrogen-bond donors (Lipinski definition) is 2. The van der Waals surface area contributed by atoms with Gasteiger partial charge in [0.1, 0.15) is 0 Å². The summed E-state index contributed by atoms with van der Waals surface area (Å²) in [5.41, 5.74) is -0.368. The lowest BCUT2D eigenvalue weighted by Crippen LogP contribution is -2.41. The first kappa shape index (κ1) is 13.4. The van der Waals surface area contributed by atoms with E-state index in [2.05, 4.69) is 5.32 Å². The van der Waals surface area contributed by atoms with Crippen molar-refractivity contribution in [2.45, 2.75) is 33.3 Å². The minimum absolute atomic E-state index is 0.0323. The Hall–Kier alpha value is -0.610. The Morgan fingerprint density at radius 3 is 2.57 bits per heavy atom. The molecule has 0 aliphatic carbocycles. The van der Waals surface area contributed by atoms with E-state index in [-0.39, 0.29) is 24.5 Å². The fraction of sp³-hybridized carbons (Fsp3) is 0.900. The molecule has 0 fully saturated rings. The molecule has 14 heavy (non-hydrogen) atoms. The Balaban J connectivity index is 3.85. The quantitative estimate of drug-likeness (QED) is 0.662. The highest BCUT2D eigenvalue weighted by molar-refractivity contribution is 5.81. The van der Waals surface area contributed by atoms with E-state index in [9.17, 15) is 9.90 Å². The zero-order chi connectivity index (χ0) is 11.2. The molecule has 0 spiro atoms. The van der Waals surface area contributed by atoms with Gasteiger partial charge in [-0.2, -0.15) is 0 Å². The largest absolute Gasteiger partial charge is 0.389 e. The summed E-state index contributed by atoms with van der Waals surface area (Å²) in [6.07, 6.45) is 0.149. The Kier molecular flexibility index (Phi) is 5.72. The molecule has 1 amide bonds. The predicted molar refractivity (Wildman–Crippen MR) is 55.0 cm³/mol. The minimum Gasteiger partial charge on any atom is -0.389 e. The van der Waals surface area contributed by atoms with E-state index in [1.54, 1.807) is 0 Å². The van der Waals surface area contributed by atoms with Gasteiger partial charge in [-0.25, -0.2) is 0 Å². The molecule has 0 radical (unpaired) electrons. The van der Waals surface area contributed by atoms with Crippen molar-refractivity contribution >= 4 is 5.91 Å². The number of nitrogens with one attached hydrogen (secondary N) is 1. The van der Waals surface area contributed by atoms with E-state index in [1.807, 2.05) is 20.8 Å². The summed E-state index contributed by atoms with van der Waals surface area (Å²) in [6.45, 7) is 6.21. The van der Waals surface area contributed by atoms with Gasteiger partial charge in [0.15, 0.2) is 0 Å². The van der Waals surface area contributed by atoms with Gasteiger partial charge in [0.2, 0.25) is 5.91 Å². The lowest BCUT2D eigenvalue weighted by Gasteiger charge is -2.22. The highest BCUT2D eigenvalue weighted by Crippen LogP contribution is 2.19. The summed E-state index contributed by atoms with van der Waals surface area (Å²) in [7, 11) is 1.51. The molecule has 0 saturated carbocycles. The topological polar surface area (TPSA) is 58.6 Å². The molecule has 4 nitrogen and oxygen atoms in total. The summed E-state index contributed by atoms with van der Waals surface area (Å²) in [4.78, 5) is 11.5. The zero-order valence-electron chi connectivity index (χ0n) is 9.46. The van der Waals surface area contributed by atoms with Crippen molar-refractivity contribution in [3.8, 4) is 0 Å². The molecule has 1 unspecified atom stereocenters. The Bertz CT molecular complexity index is 180. The van der Waals surface area contributed by atoms with Crippen molar-refractivity contribution in [2.75, 3.05) is 20.3 Å². The molecule has 0 bridgehead atoms. The highest BCUT2D eigenvalue weighted by Gasteiger charge is 2.25. The van der Waals surface area contributed by atoms with Crippen molar-refractivity contribution in [1.29, 1.82) is 0 Å². The standard InChI is InChI=1S/C10H21NO3/c1-5-10(2,3)9(13)11-6-8(12)7-14-4/h8,12H,5-7H2,1-4H3,(H,11,13). The minimum atomic E-state index is -0.628. The summed E-state index contributed by atoms with van der Waals surface area (Å²) in [5, 5.41) is 12.0. The van der Waals surface area contributed by atoms with Gasteiger partial charge in [0.25, 0.3) is 0 Å². The van der Waals surface area contributed by atoms with Crippen LogP contribution in [0.1, 0.15) is 27.2 Å². The van der Waals surface area contributed by atoms with Crippen LogP contribution in [0, 0.1) is 5.41 Å². The third kappa shape index (κ3) is 4.58. The van der Waals surface area contributed by atoms with Gasteiger partial charge in [-0.1, -0.05) is 20.8 Å². The Labute approximate surface area is 85.6 Å². The van der Waals surface area contributed by atoms with E-state index in [1.165, 1.54) is 7.11 Å². The zero-order valence-corrected chi connectivity index (χ0v) is 9.46. The summed E-state index contributed by atoms with van der Waals surface area (Å²) < 4.78 is 4.75. The normalized spacial score (nSPS) is 13.8. The molecule has 0 aliphatic heterocycles. The number of aliphatic hydroxyl groups excluding tert-OH is 1. The smallest absolute Gasteiger partial charge is 0.225 e. The monoisotopic (exact) mass is 203 g/mol. The second-order valence-corrected chi connectivity index (χ2v) is 4.06. The van der Waals surface area contributed by atoms with Gasteiger partial charge in [0, 0.05) is 19.1 Å². The van der Waals surface area contributed by atoms with Crippen LogP contribution < -0.4 is 5.32 Å². The van der Waals surface area contributed by atoms with Crippen LogP contribution in [0.5, 0.6) is 0 Å². The number of aliphatic hydroxyl groups is 1. The lowest BCUT2D eigenvalue weighted by atomic mass is 9.89. The highest BCUT2D eigenvalue weighted by atomic mass is 16.5. The number of methoxy groups -OCH3 is 1. The lowest BCUT2D eigenvalue weighted by molar-refractivity contribution is -0.130.